The van der Waals surface area contributed by atoms with Gasteiger partial charge in [0.1, 0.15) is 66.0 Å². The Kier molecular flexibility index (Phi) is 14.8. The number of aromatic hydroxyl groups is 2. The molecule has 0 aromatic heterocycles. The molecule has 21 heteroatoms. The molecule has 0 aliphatic rings. The van der Waals surface area contributed by atoms with Crippen LogP contribution in [0.1, 0.15) is 55.6 Å². The quantitative estimate of drug-likeness (QED) is 0.0524. The van der Waals surface area contributed by atoms with Crippen LogP contribution in [0.5, 0.6) is 23.0 Å². The van der Waals surface area contributed by atoms with Gasteiger partial charge in [0.15, 0.2) is 0 Å². The zero-order valence-electron chi connectivity index (χ0n) is 37.9. The first-order valence-corrected chi connectivity index (χ1v) is 26.4. The smallest absolute Gasteiger partial charge is 0.323 e. The predicted octanol–water partition coefficient (Wildman–Crippen LogP) is 8.18. The Balaban J connectivity index is 1.05. The summed E-state index contributed by atoms with van der Waals surface area (Å²) in [6.07, 6.45) is -0.0403. The summed E-state index contributed by atoms with van der Waals surface area (Å²) in [5, 5.41) is 28.1. The summed E-state index contributed by atoms with van der Waals surface area (Å²) in [6.45, 7) is 3.86. The summed E-state index contributed by atoms with van der Waals surface area (Å²) in [5.74, 6) is -1.44. The van der Waals surface area contributed by atoms with Crippen LogP contribution in [0.3, 0.4) is 0 Å². The highest BCUT2D eigenvalue weighted by Gasteiger charge is 2.22. The average Bonchev–Trinajstić information content (AvgIpc) is 3.30. The van der Waals surface area contributed by atoms with E-state index >= 15 is 0 Å². The van der Waals surface area contributed by atoms with Crippen LogP contribution < -0.4 is 19.0 Å². The van der Waals surface area contributed by atoms with Crippen molar-refractivity contribution in [3.63, 3.8) is 0 Å². The van der Waals surface area contributed by atoms with Crippen molar-refractivity contribution >= 4 is 81.9 Å². The first-order chi connectivity index (χ1) is 34.1. The molecule has 0 saturated carbocycles. The van der Waals surface area contributed by atoms with Crippen molar-refractivity contribution in [2.24, 2.45) is 0 Å². The average molecular weight is 1050 g/mol. The lowest BCUT2D eigenvalue weighted by atomic mass is 9.95. The highest BCUT2D eigenvalue weighted by molar-refractivity contribution is 7.86. The number of hydrogen-bond acceptors (Lipinski definition) is 15. The number of aryl methyl sites for hydroxylation is 2. The third kappa shape index (κ3) is 12.1. The van der Waals surface area contributed by atoms with E-state index < -0.39 is 76.7 Å². The van der Waals surface area contributed by atoms with E-state index in [1.165, 1.54) is 60.7 Å². The highest BCUT2D eigenvalue weighted by Crippen LogP contribution is 2.41. The molecule has 72 heavy (non-hydrogen) atoms. The molecule has 2 atom stereocenters. The number of carbonyl (C=O) groups excluding carboxylic acids is 1. The third-order valence-corrected chi connectivity index (χ3v) is 14.2. The van der Waals surface area contributed by atoms with Gasteiger partial charge in [-0.25, -0.2) is 30.0 Å². The van der Waals surface area contributed by atoms with E-state index in [-0.39, 0.29) is 79.5 Å². The maximum absolute atomic E-state index is 13.4. The fourth-order valence-electron chi connectivity index (χ4n) is 8.38. The molecule has 8 rings (SSSR count). The predicted molar refractivity (Wildman–Crippen MR) is 265 cm³/mol. The topological polar surface area (TPSA) is 295 Å². The molecule has 2 amide bonds. The van der Waals surface area contributed by atoms with E-state index in [2.05, 4.69) is 10.6 Å². The van der Waals surface area contributed by atoms with Crippen molar-refractivity contribution in [3.8, 4) is 23.0 Å². The molecule has 0 saturated heterocycles. The number of phenolic OH excluding ortho intramolecular Hbond substituents is 2. The maximum Gasteiger partial charge on any atom is 0.323 e. The zero-order chi connectivity index (χ0) is 51.6. The fourth-order valence-corrected chi connectivity index (χ4v) is 10.5. The van der Waals surface area contributed by atoms with Gasteiger partial charge in [0, 0.05) is 46.1 Å². The van der Waals surface area contributed by atoms with Crippen molar-refractivity contribution in [2.75, 3.05) is 10.6 Å². The molecule has 0 aliphatic carbocycles. The van der Waals surface area contributed by atoms with Crippen LogP contribution in [-0.2, 0) is 68.6 Å². The summed E-state index contributed by atoms with van der Waals surface area (Å²) in [5.41, 5.74) is 5.21. The largest absolute Gasteiger partial charge is 0.744 e. The van der Waals surface area contributed by atoms with Crippen LogP contribution in [0.2, 0.25) is 0 Å². The Morgan fingerprint density at radius 3 is 1.60 bits per heavy atom. The Bertz CT molecular complexity index is 3720. The maximum atomic E-state index is 13.4. The van der Waals surface area contributed by atoms with Crippen molar-refractivity contribution in [1.82, 2.24) is 0 Å². The van der Waals surface area contributed by atoms with Gasteiger partial charge in [0.2, 0.25) is 0 Å². The van der Waals surface area contributed by atoms with E-state index in [4.69, 9.17) is 8.37 Å². The zero-order valence-corrected chi connectivity index (χ0v) is 41.1. The van der Waals surface area contributed by atoms with Gasteiger partial charge < -0.3 is 47.4 Å². The lowest BCUT2D eigenvalue weighted by molar-refractivity contribution is 0.262. The molecule has 0 radical (unpaired) electrons. The fraction of sp³-hybridized carbons (Fsp3) is 0.118. The Morgan fingerprint density at radius 1 is 0.528 bits per heavy atom. The van der Waals surface area contributed by atoms with Gasteiger partial charge in [0.25, 0.3) is 0 Å². The summed E-state index contributed by atoms with van der Waals surface area (Å²) in [6, 6.07) is 33.6. The number of rotatable bonds is 16. The number of hydrogen-bond donors (Lipinski definition) is 4. The van der Waals surface area contributed by atoms with Crippen LogP contribution in [-0.4, -0.2) is 59.7 Å². The number of nitrogens with one attached hydrogen (secondary N) is 2. The van der Waals surface area contributed by atoms with Crippen LogP contribution in [0, 0.1) is 13.8 Å². The van der Waals surface area contributed by atoms with Crippen molar-refractivity contribution in [2.45, 2.75) is 49.3 Å². The van der Waals surface area contributed by atoms with Crippen LogP contribution >= 0.6 is 0 Å². The lowest BCUT2D eigenvalue weighted by Gasteiger charge is -2.20. The molecule has 2 unspecified atom stereocenters. The van der Waals surface area contributed by atoms with Gasteiger partial charge in [-0.1, -0.05) is 90.0 Å². The van der Waals surface area contributed by atoms with E-state index in [1.807, 2.05) is 62.4 Å². The lowest BCUT2D eigenvalue weighted by Crippen LogP contribution is -2.19. The number of carbonyl (C=O) groups is 1. The monoisotopic (exact) mass is 1050 g/mol. The Morgan fingerprint density at radius 2 is 1.03 bits per heavy atom. The van der Waals surface area contributed by atoms with Crippen LogP contribution in [0.15, 0.2) is 143 Å². The molecule has 0 heterocycles. The first-order valence-electron chi connectivity index (χ1n) is 21.5. The van der Waals surface area contributed by atoms with Gasteiger partial charge in [0.05, 0.1) is 9.79 Å². The van der Waals surface area contributed by atoms with Crippen molar-refractivity contribution in [3.05, 3.63) is 189 Å². The number of benzene rings is 8. The molecular weight excluding hydrogens is 1010 g/mol. The molecule has 4 N–H and O–H groups in total. The molecule has 372 valence electrons. The second-order valence-electron chi connectivity index (χ2n) is 16.9. The van der Waals surface area contributed by atoms with Crippen molar-refractivity contribution < 1.29 is 66.8 Å². The molecular formula is C51H40N2O15S4-4. The van der Waals surface area contributed by atoms with E-state index in [0.717, 1.165) is 22.3 Å². The number of phenols is 2. The number of amides is 2. The Labute approximate surface area is 418 Å². The van der Waals surface area contributed by atoms with Crippen molar-refractivity contribution in [1.29, 1.82) is 0 Å². The van der Waals surface area contributed by atoms with Crippen LogP contribution in [0.4, 0.5) is 16.2 Å². The minimum Gasteiger partial charge on any atom is -0.744 e. The molecule has 17 nitrogen and oxygen atoms in total. The normalized spacial score (nSPS) is 12.6. The SMILES string of the molecule is Cc1ccc(Cc2ccc(Cc3c(OS(=O)[O-])cc4cc(NC(=O)Nc5ccc6c(Cc7ccc(Cc8ccc(C)cc8)cc7S(=O)(=O)[O-])c(S(=O)(=O)[O-])cc(O)c6c5)ccc4c3O)c(OS(=O)[O-])c2)cc1. The summed E-state index contributed by atoms with van der Waals surface area (Å²) < 4.78 is 133. The van der Waals surface area contributed by atoms with Gasteiger partial charge in [-0.15, -0.1) is 0 Å². The molecule has 8 aromatic rings. The van der Waals surface area contributed by atoms with E-state index in [0.29, 0.717) is 23.6 Å². The molecule has 0 fully saturated rings. The van der Waals surface area contributed by atoms with E-state index in [9.17, 15) is 58.5 Å². The summed E-state index contributed by atoms with van der Waals surface area (Å²) in [7, 11) is -10.4. The third-order valence-electron chi connectivity index (χ3n) is 11.8. The summed E-state index contributed by atoms with van der Waals surface area (Å²) >= 11 is -6.11. The standard InChI is InChI=1S/C51H44N2O15S4/c1-29-3-7-31(8-4-29)19-33-11-13-35(46(21-33)67-69(57)58)24-44-47(68-70(59)60)26-37-23-38(15-17-40(37)50(44)55)52-51(56)53-39-16-18-41-42(27-39)45(54)28-49(72(64,65)66)43(41)25-36-14-12-34(22-48(36)71(61,62)63)20-32-9-5-30(2)6-10-32/h3-18,21-23,26-28,54-55H,19-20,24-25H2,1-2H3,(H,57,58)(H,59,60)(H2,52,53,56)(H,61,62,63)(H,64,65,66)/p-4. The van der Waals surface area contributed by atoms with E-state index in [1.54, 1.807) is 18.2 Å². The number of anilines is 2. The van der Waals surface area contributed by atoms with Gasteiger partial charge in [-0.2, -0.15) is 0 Å². The number of fused-ring (bicyclic) bond motifs is 2. The van der Waals surface area contributed by atoms with Gasteiger partial charge in [-0.05, 0) is 125 Å². The molecule has 0 spiro atoms. The minimum absolute atomic E-state index is 0.00152. The second-order valence-corrected chi connectivity index (χ2v) is 20.7. The highest BCUT2D eigenvalue weighted by atomic mass is 32.2. The number of urea groups is 1. The van der Waals surface area contributed by atoms with Gasteiger partial charge >= 0.3 is 6.03 Å². The minimum atomic E-state index is -5.29. The molecule has 0 bridgehead atoms. The molecule has 8 aromatic carbocycles. The van der Waals surface area contributed by atoms with Gasteiger partial charge in [-0.3, -0.25) is 0 Å². The second kappa shape index (κ2) is 20.9. The molecule has 0 aliphatic heterocycles. The summed E-state index contributed by atoms with van der Waals surface area (Å²) in [4.78, 5) is 11.9. The Hall–Kier alpha value is -7.21. The van der Waals surface area contributed by atoms with Crippen LogP contribution in [0.25, 0.3) is 21.5 Å². The first kappa shape index (κ1) is 51.2.